The third-order valence-corrected chi connectivity index (χ3v) is 6.15. The standard InChI is InChI=1S/C27H43N5O5/c1-19(2)18-22-27(36)32(5)16-17-37-23-11-7-6-10-20(23)25(34)30-21(12-13-24(33)29-22)26(35)28-14-8-9-15-31(3)4/h6-7,10-11,19,21-22H,8-9,12-18H2,1-5H3,(H,28,35)(H,29,33)(H,30,34)/t21-,22-/m0/s1. The minimum Gasteiger partial charge on any atom is -0.491 e. The van der Waals surface area contributed by atoms with Gasteiger partial charge in [0.1, 0.15) is 24.4 Å². The van der Waals surface area contributed by atoms with Gasteiger partial charge in [0.15, 0.2) is 0 Å². The molecule has 0 saturated carbocycles. The summed E-state index contributed by atoms with van der Waals surface area (Å²) in [6.45, 7) is 5.83. The molecule has 3 N–H and O–H groups in total. The minimum absolute atomic E-state index is 0.0112. The summed E-state index contributed by atoms with van der Waals surface area (Å²) in [5.41, 5.74) is 0.289. The molecule has 4 amide bonds. The summed E-state index contributed by atoms with van der Waals surface area (Å²) < 4.78 is 5.85. The van der Waals surface area contributed by atoms with Gasteiger partial charge in [0.25, 0.3) is 5.91 Å². The van der Waals surface area contributed by atoms with Crippen molar-refractivity contribution in [3.63, 3.8) is 0 Å². The van der Waals surface area contributed by atoms with Crippen molar-refractivity contribution in [1.82, 2.24) is 25.8 Å². The number of ether oxygens (including phenoxy) is 1. The van der Waals surface area contributed by atoms with Gasteiger partial charge in [-0.25, -0.2) is 0 Å². The molecular formula is C27H43N5O5. The van der Waals surface area contributed by atoms with Crippen molar-refractivity contribution < 1.29 is 23.9 Å². The molecular weight excluding hydrogens is 474 g/mol. The van der Waals surface area contributed by atoms with Crippen LogP contribution < -0.4 is 20.7 Å². The monoisotopic (exact) mass is 517 g/mol. The maximum absolute atomic E-state index is 13.1. The summed E-state index contributed by atoms with van der Waals surface area (Å²) >= 11 is 0. The number of likely N-dealkylation sites (N-methyl/N-ethyl adjacent to an activating group) is 1. The molecule has 37 heavy (non-hydrogen) atoms. The van der Waals surface area contributed by atoms with Crippen LogP contribution >= 0.6 is 0 Å². The van der Waals surface area contributed by atoms with Gasteiger partial charge in [0, 0.05) is 20.0 Å². The van der Waals surface area contributed by atoms with Crippen LogP contribution in [0.5, 0.6) is 5.75 Å². The second-order valence-electron chi connectivity index (χ2n) is 10.2. The number of carbonyl (C=O) groups is 4. The van der Waals surface area contributed by atoms with Crippen LogP contribution in [-0.4, -0.2) is 92.9 Å². The fourth-order valence-corrected chi connectivity index (χ4v) is 4.08. The molecule has 10 nitrogen and oxygen atoms in total. The number of amides is 4. The van der Waals surface area contributed by atoms with Gasteiger partial charge >= 0.3 is 0 Å². The van der Waals surface area contributed by atoms with Gasteiger partial charge in [-0.05, 0) is 64.4 Å². The SMILES string of the molecule is CC(C)C[C@@H]1NC(=O)CC[C@@H](C(=O)NCCCCN(C)C)NC(=O)c2ccccc2OCCN(C)C1=O. The second-order valence-corrected chi connectivity index (χ2v) is 10.2. The Balaban J connectivity index is 2.22. The van der Waals surface area contributed by atoms with Crippen LogP contribution in [0.15, 0.2) is 24.3 Å². The van der Waals surface area contributed by atoms with Gasteiger partial charge in [-0.1, -0.05) is 26.0 Å². The Morgan fingerprint density at radius 2 is 1.89 bits per heavy atom. The number of benzene rings is 1. The number of nitrogens with one attached hydrogen (secondary N) is 3. The van der Waals surface area contributed by atoms with Gasteiger partial charge in [-0.15, -0.1) is 0 Å². The minimum atomic E-state index is -0.910. The third kappa shape index (κ3) is 10.4. The molecule has 206 valence electrons. The summed E-state index contributed by atoms with van der Waals surface area (Å²) in [5.74, 6) is -0.777. The van der Waals surface area contributed by atoms with Gasteiger partial charge in [-0.3, -0.25) is 19.2 Å². The van der Waals surface area contributed by atoms with Gasteiger partial charge in [-0.2, -0.15) is 0 Å². The van der Waals surface area contributed by atoms with Crippen molar-refractivity contribution in [2.24, 2.45) is 5.92 Å². The predicted molar refractivity (Wildman–Crippen MR) is 142 cm³/mol. The van der Waals surface area contributed by atoms with E-state index in [1.54, 1.807) is 31.3 Å². The quantitative estimate of drug-likeness (QED) is 0.449. The molecule has 0 saturated heterocycles. The van der Waals surface area contributed by atoms with Crippen LogP contribution in [0.3, 0.4) is 0 Å². The first-order valence-corrected chi connectivity index (χ1v) is 13.1. The van der Waals surface area contributed by atoms with E-state index in [4.69, 9.17) is 4.74 Å². The zero-order chi connectivity index (χ0) is 27.4. The number of hydrogen-bond donors (Lipinski definition) is 3. The zero-order valence-corrected chi connectivity index (χ0v) is 22.8. The lowest BCUT2D eigenvalue weighted by Gasteiger charge is -2.26. The Kier molecular flexibility index (Phi) is 12.4. The number of fused-ring (bicyclic) bond motifs is 1. The first-order valence-electron chi connectivity index (χ1n) is 13.1. The van der Waals surface area contributed by atoms with Crippen LogP contribution in [0, 0.1) is 5.92 Å². The first-order chi connectivity index (χ1) is 17.6. The lowest BCUT2D eigenvalue weighted by atomic mass is 10.0. The Bertz CT molecular complexity index is 920. The van der Waals surface area contributed by atoms with Crippen LogP contribution in [0.2, 0.25) is 0 Å². The van der Waals surface area contributed by atoms with Crippen molar-refractivity contribution in [3.05, 3.63) is 29.8 Å². The summed E-state index contributed by atoms with van der Waals surface area (Å²) in [5, 5.41) is 8.50. The normalized spacial score (nSPS) is 19.9. The van der Waals surface area contributed by atoms with Crippen molar-refractivity contribution in [2.45, 2.75) is 58.0 Å². The zero-order valence-electron chi connectivity index (χ0n) is 22.8. The number of rotatable bonds is 8. The summed E-state index contributed by atoms with van der Waals surface area (Å²) in [6.07, 6.45) is 2.31. The number of carbonyl (C=O) groups excluding carboxylic acids is 4. The molecule has 0 fully saturated rings. The van der Waals surface area contributed by atoms with Crippen LogP contribution in [-0.2, 0) is 14.4 Å². The molecule has 0 bridgehead atoms. The molecule has 0 aliphatic carbocycles. The van der Waals surface area contributed by atoms with E-state index in [-0.39, 0.29) is 55.2 Å². The van der Waals surface area contributed by atoms with E-state index in [2.05, 4.69) is 20.9 Å². The fourth-order valence-electron chi connectivity index (χ4n) is 4.08. The molecule has 1 heterocycles. The Morgan fingerprint density at radius 1 is 1.16 bits per heavy atom. The van der Waals surface area contributed by atoms with Crippen LogP contribution in [0.25, 0.3) is 0 Å². The maximum Gasteiger partial charge on any atom is 0.255 e. The van der Waals surface area contributed by atoms with E-state index < -0.39 is 18.0 Å². The molecule has 2 atom stereocenters. The van der Waals surface area contributed by atoms with Gasteiger partial charge in [0.05, 0.1) is 12.1 Å². The fraction of sp³-hybridized carbons (Fsp3) is 0.630. The average molecular weight is 518 g/mol. The molecule has 0 radical (unpaired) electrons. The number of unbranched alkanes of at least 4 members (excludes halogenated alkanes) is 1. The van der Waals surface area contributed by atoms with Crippen molar-refractivity contribution in [1.29, 1.82) is 0 Å². The lowest BCUT2D eigenvalue weighted by molar-refractivity contribution is -0.136. The molecule has 0 spiro atoms. The Morgan fingerprint density at radius 3 is 2.59 bits per heavy atom. The maximum atomic E-state index is 13.1. The topological polar surface area (TPSA) is 120 Å². The van der Waals surface area contributed by atoms with E-state index in [1.165, 1.54) is 4.90 Å². The highest BCUT2D eigenvalue weighted by molar-refractivity contribution is 5.99. The highest BCUT2D eigenvalue weighted by Crippen LogP contribution is 2.19. The van der Waals surface area contributed by atoms with Gasteiger partial charge < -0.3 is 30.5 Å². The number of hydrogen-bond acceptors (Lipinski definition) is 6. The highest BCUT2D eigenvalue weighted by atomic mass is 16.5. The molecule has 10 heteroatoms. The van der Waals surface area contributed by atoms with E-state index in [1.807, 2.05) is 27.9 Å². The van der Waals surface area contributed by atoms with Gasteiger partial charge in [0.2, 0.25) is 17.7 Å². The van der Waals surface area contributed by atoms with E-state index in [0.717, 1.165) is 19.4 Å². The Labute approximate surface area is 220 Å². The van der Waals surface area contributed by atoms with Crippen molar-refractivity contribution in [3.8, 4) is 5.75 Å². The van der Waals surface area contributed by atoms with Crippen LogP contribution in [0.1, 0.15) is 56.3 Å². The Hall–Kier alpha value is -3.14. The molecule has 1 aliphatic rings. The molecule has 0 aromatic heterocycles. The highest BCUT2D eigenvalue weighted by Gasteiger charge is 2.28. The first kappa shape index (κ1) is 30.1. The lowest BCUT2D eigenvalue weighted by Crippen LogP contribution is -2.50. The molecule has 0 unspecified atom stereocenters. The second kappa shape index (κ2) is 15.2. The number of para-hydroxylation sites is 1. The summed E-state index contributed by atoms with van der Waals surface area (Å²) in [7, 11) is 5.66. The largest absolute Gasteiger partial charge is 0.491 e. The smallest absolute Gasteiger partial charge is 0.255 e. The molecule has 1 aromatic carbocycles. The molecule has 1 aliphatic heterocycles. The predicted octanol–water partition coefficient (Wildman–Crippen LogP) is 1.40. The average Bonchev–Trinajstić information content (AvgIpc) is 2.84. The third-order valence-electron chi connectivity index (χ3n) is 6.15. The number of nitrogens with zero attached hydrogens (tertiary/aromatic N) is 2. The van der Waals surface area contributed by atoms with E-state index >= 15 is 0 Å². The van der Waals surface area contributed by atoms with E-state index in [9.17, 15) is 19.2 Å². The molecule has 1 aromatic rings. The molecule has 2 rings (SSSR count). The van der Waals surface area contributed by atoms with Crippen molar-refractivity contribution >= 4 is 23.6 Å². The van der Waals surface area contributed by atoms with E-state index in [0.29, 0.717) is 18.7 Å². The summed E-state index contributed by atoms with van der Waals surface area (Å²) in [4.78, 5) is 55.6. The van der Waals surface area contributed by atoms with Crippen LogP contribution in [0.4, 0.5) is 0 Å². The summed E-state index contributed by atoms with van der Waals surface area (Å²) in [6, 6.07) is 5.20. The van der Waals surface area contributed by atoms with Crippen molar-refractivity contribution in [2.75, 3.05) is 47.4 Å².